The molecule has 0 aromatic heterocycles. The minimum atomic E-state index is -4.43. The van der Waals surface area contributed by atoms with Crippen LogP contribution in [0.5, 0.6) is 0 Å². The molecule has 2 unspecified atom stereocenters. The van der Waals surface area contributed by atoms with Gasteiger partial charge in [0.2, 0.25) is 0 Å². The standard InChI is InChI=1S/C26H32F3N3O5/c1-16-20(25(37-22(16)34)9-8-17(15-30-25)23(35)36-24(2,3)4)21(33)32-12-10-31(11-13-32)19-7-5-6-18(14-19)26(27,28)29/h5-7,14,17,30H,8-13,15H2,1-4H3. The number of benzene rings is 1. The zero-order valence-electron chi connectivity index (χ0n) is 21.4. The Morgan fingerprint density at radius 1 is 1.14 bits per heavy atom. The van der Waals surface area contributed by atoms with Gasteiger partial charge in [0, 0.05) is 50.4 Å². The van der Waals surface area contributed by atoms with Gasteiger partial charge in [-0.05, 0) is 52.3 Å². The fraction of sp³-hybridized carbons (Fsp3) is 0.577. The zero-order valence-corrected chi connectivity index (χ0v) is 21.4. The average molecular weight is 524 g/mol. The van der Waals surface area contributed by atoms with Crippen LogP contribution in [0.4, 0.5) is 18.9 Å². The van der Waals surface area contributed by atoms with Crippen LogP contribution in [0.2, 0.25) is 0 Å². The van der Waals surface area contributed by atoms with Gasteiger partial charge in [0.15, 0.2) is 5.72 Å². The monoisotopic (exact) mass is 523 g/mol. The molecule has 8 nitrogen and oxygen atoms in total. The van der Waals surface area contributed by atoms with Crippen molar-refractivity contribution in [1.29, 1.82) is 0 Å². The number of nitrogens with zero attached hydrogens (tertiary/aromatic N) is 2. The second-order valence-electron chi connectivity index (χ2n) is 10.7. The molecule has 1 aromatic rings. The van der Waals surface area contributed by atoms with Crippen LogP contribution in [0.1, 0.15) is 46.1 Å². The number of alkyl halides is 3. The molecule has 0 radical (unpaired) electrons. The van der Waals surface area contributed by atoms with Crippen LogP contribution >= 0.6 is 0 Å². The van der Waals surface area contributed by atoms with E-state index in [1.165, 1.54) is 6.07 Å². The minimum absolute atomic E-state index is 0.190. The van der Waals surface area contributed by atoms with Crippen molar-refractivity contribution < 1.29 is 37.0 Å². The lowest BCUT2D eigenvalue weighted by Gasteiger charge is -2.41. The molecule has 2 saturated heterocycles. The Hall–Kier alpha value is -3.08. The molecular formula is C26H32F3N3O5. The first-order valence-electron chi connectivity index (χ1n) is 12.3. The van der Waals surface area contributed by atoms with E-state index < -0.39 is 35.0 Å². The Bertz CT molecular complexity index is 1110. The SMILES string of the molecule is CC1=C(C(=O)N2CCN(c3cccc(C(F)(F)F)c3)CC2)C2(CCC(C(=O)OC(C)(C)C)CN2)OC1=O. The molecule has 1 amide bonds. The maximum Gasteiger partial charge on any atom is 0.416 e. The van der Waals surface area contributed by atoms with Crippen LogP contribution in [0, 0.1) is 5.92 Å². The van der Waals surface area contributed by atoms with E-state index in [9.17, 15) is 27.6 Å². The third kappa shape index (κ3) is 5.61. The van der Waals surface area contributed by atoms with Crippen molar-refractivity contribution in [3.8, 4) is 0 Å². The molecule has 0 aliphatic carbocycles. The third-order valence-corrected chi connectivity index (χ3v) is 6.89. The van der Waals surface area contributed by atoms with Crippen molar-refractivity contribution in [1.82, 2.24) is 10.2 Å². The van der Waals surface area contributed by atoms with Crippen LogP contribution in [0.3, 0.4) is 0 Å². The molecule has 3 aliphatic heterocycles. The lowest BCUT2D eigenvalue weighted by atomic mass is 9.86. The fourth-order valence-electron chi connectivity index (χ4n) is 4.97. The van der Waals surface area contributed by atoms with Gasteiger partial charge >= 0.3 is 18.1 Å². The highest BCUT2D eigenvalue weighted by molar-refractivity contribution is 6.07. The van der Waals surface area contributed by atoms with Crippen molar-refractivity contribution in [3.63, 3.8) is 0 Å². The summed E-state index contributed by atoms with van der Waals surface area (Å²) in [6, 6.07) is 5.12. The number of rotatable bonds is 3. The maximum atomic E-state index is 13.6. The third-order valence-electron chi connectivity index (χ3n) is 6.89. The van der Waals surface area contributed by atoms with E-state index in [1.807, 2.05) is 0 Å². The van der Waals surface area contributed by atoms with E-state index in [2.05, 4.69) is 5.32 Å². The van der Waals surface area contributed by atoms with E-state index in [0.29, 0.717) is 25.2 Å². The van der Waals surface area contributed by atoms with Crippen molar-refractivity contribution in [2.75, 3.05) is 37.6 Å². The van der Waals surface area contributed by atoms with E-state index >= 15 is 0 Å². The van der Waals surface area contributed by atoms with Gasteiger partial charge in [-0.3, -0.25) is 14.9 Å². The summed E-state index contributed by atoms with van der Waals surface area (Å²) in [7, 11) is 0. The van der Waals surface area contributed by atoms with Crippen LogP contribution in [-0.2, 0) is 30.0 Å². The van der Waals surface area contributed by atoms with Gasteiger partial charge in [-0.15, -0.1) is 0 Å². The van der Waals surface area contributed by atoms with E-state index in [4.69, 9.17) is 9.47 Å². The molecular weight excluding hydrogens is 491 g/mol. The summed E-state index contributed by atoms with van der Waals surface area (Å²) in [5, 5.41) is 3.13. The number of carbonyl (C=O) groups is 3. The molecule has 11 heteroatoms. The first-order chi connectivity index (χ1) is 17.2. The van der Waals surface area contributed by atoms with Gasteiger partial charge in [0.1, 0.15) is 5.60 Å². The first-order valence-corrected chi connectivity index (χ1v) is 12.3. The molecule has 202 valence electrons. The van der Waals surface area contributed by atoms with Gasteiger partial charge in [0.25, 0.3) is 5.91 Å². The summed E-state index contributed by atoms with van der Waals surface area (Å²) in [6.07, 6.45) is -3.82. The van der Waals surface area contributed by atoms with Crippen molar-refractivity contribution in [2.45, 2.75) is 58.0 Å². The Morgan fingerprint density at radius 2 is 1.81 bits per heavy atom. The summed E-state index contributed by atoms with van der Waals surface area (Å²) < 4.78 is 50.5. The summed E-state index contributed by atoms with van der Waals surface area (Å²) in [5.41, 5.74) is -1.77. The summed E-state index contributed by atoms with van der Waals surface area (Å²) in [5.74, 6) is -1.72. The van der Waals surface area contributed by atoms with Crippen molar-refractivity contribution in [3.05, 3.63) is 41.0 Å². The number of carbonyl (C=O) groups excluding carboxylic acids is 3. The number of ether oxygens (including phenoxy) is 2. The highest BCUT2D eigenvalue weighted by Gasteiger charge is 2.53. The van der Waals surface area contributed by atoms with Crippen LogP contribution in [0.15, 0.2) is 35.4 Å². The van der Waals surface area contributed by atoms with Gasteiger partial charge in [-0.1, -0.05) is 6.07 Å². The number of nitrogens with one attached hydrogen (secondary N) is 1. The highest BCUT2D eigenvalue weighted by atomic mass is 19.4. The molecule has 1 N–H and O–H groups in total. The summed E-state index contributed by atoms with van der Waals surface area (Å²) in [6.45, 7) is 8.34. The number of amides is 1. The molecule has 2 fully saturated rings. The summed E-state index contributed by atoms with van der Waals surface area (Å²) in [4.78, 5) is 42.0. The smallest absolute Gasteiger partial charge is 0.416 e. The highest BCUT2D eigenvalue weighted by Crippen LogP contribution is 2.40. The number of hydrogen-bond acceptors (Lipinski definition) is 7. The molecule has 3 aliphatic rings. The minimum Gasteiger partial charge on any atom is -0.460 e. The number of hydrogen-bond donors (Lipinski definition) is 1. The molecule has 2 atom stereocenters. The summed E-state index contributed by atoms with van der Waals surface area (Å²) >= 11 is 0. The van der Waals surface area contributed by atoms with E-state index in [-0.39, 0.29) is 49.1 Å². The van der Waals surface area contributed by atoms with E-state index in [0.717, 1.165) is 12.1 Å². The van der Waals surface area contributed by atoms with Crippen LogP contribution in [0.25, 0.3) is 0 Å². The molecule has 1 aromatic carbocycles. The predicted octanol–water partition coefficient (Wildman–Crippen LogP) is 3.26. The fourth-order valence-corrected chi connectivity index (χ4v) is 4.97. The van der Waals surface area contributed by atoms with Gasteiger partial charge in [0.05, 0.1) is 17.1 Å². The largest absolute Gasteiger partial charge is 0.460 e. The number of piperidine rings is 1. The number of esters is 2. The molecule has 4 rings (SSSR count). The first kappa shape index (κ1) is 27.0. The van der Waals surface area contributed by atoms with Gasteiger partial charge < -0.3 is 19.3 Å². The maximum absolute atomic E-state index is 13.6. The second kappa shape index (κ2) is 9.66. The zero-order chi connectivity index (χ0) is 27.2. The Balaban J connectivity index is 1.43. The molecule has 0 bridgehead atoms. The molecule has 3 heterocycles. The van der Waals surface area contributed by atoms with E-state index in [1.54, 1.807) is 43.6 Å². The number of piperazine rings is 1. The van der Waals surface area contributed by atoms with Gasteiger partial charge in [-0.25, -0.2) is 4.79 Å². The Morgan fingerprint density at radius 3 is 2.38 bits per heavy atom. The number of anilines is 1. The molecule has 1 spiro atoms. The number of halogens is 3. The van der Waals surface area contributed by atoms with Crippen LogP contribution in [-0.4, -0.2) is 66.8 Å². The normalized spacial score (nSPS) is 24.9. The molecule has 0 saturated carbocycles. The van der Waals surface area contributed by atoms with Crippen molar-refractivity contribution in [2.24, 2.45) is 5.92 Å². The van der Waals surface area contributed by atoms with Crippen LogP contribution < -0.4 is 10.2 Å². The van der Waals surface area contributed by atoms with Gasteiger partial charge in [-0.2, -0.15) is 13.2 Å². The quantitative estimate of drug-likeness (QED) is 0.609. The topological polar surface area (TPSA) is 88.2 Å². The molecule has 37 heavy (non-hydrogen) atoms. The average Bonchev–Trinajstić information content (AvgIpc) is 3.06. The predicted molar refractivity (Wildman–Crippen MR) is 128 cm³/mol. The lowest BCUT2D eigenvalue weighted by molar-refractivity contribution is -0.164. The Kier molecular flexibility index (Phi) is 7.04. The lowest BCUT2D eigenvalue weighted by Crippen LogP contribution is -2.58. The second-order valence-corrected chi connectivity index (χ2v) is 10.7. The van der Waals surface area contributed by atoms with Crippen molar-refractivity contribution >= 4 is 23.5 Å². The Labute approximate surface area is 213 Å².